The summed E-state index contributed by atoms with van der Waals surface area (Å²) in [4.78, 5) is 0. The van der Waals surface area contributed by atoms with E-state index >= 15 is 4.39 Å². The number of hydrogen-bond acceptors (Lipinski definition) is 7. The van der Waals surface area contributed by atoms with Crippen LogP contribution in [-0.2, 0) is 0 Å². The van der Waals surface area contributed by atoms with E-state index in [2.05, 4.69) is 36.0 Å². The third-order valence-corrected chi connectivity index (χ3v) is 6.05. The molecule has 9 nitrogen and oxygen atoms in total. The number of alkyl halides is 1. The molecule has 0 unspecified atom stereocenters. The number of rotatable bonds is 3. The van der Waals surface area contributed by atoms with Crippen molar-refractivity contribution in [3.8, 4) is 28.1 Å². The number of aromatic nitrogens is 7. The Bertz CT molecular complexity index is 1280. The highest BCUT2D eigenvalue weighted by Crippen LogP contribution is 2.39. The molecule has 3 aromatic heterocycles. The zero-order valence-electron chi connectivity index (χ0n) is 18.3. The molecule has 0 radical (unpaired) electrons. The molecule has 3 N–H and O–H groups in total. The molecular weight excluding hydrogens is 411 g/mol. The zero-order valence-corrected chi connectivity index (χ0v) is 18.3. The van der Waals surface area contributed by atoms with Gasteiger partial charge in [0.05, 0.1) is 17.9 Å². The van der Waals surface area contributed by atoms with Crippen molar-refractivity contribution < 1.29 is 9.50 Å². The monoisotopic (exact) mass is 436 g/mol. The molecule has 1 aliphatic heterocycles. The van der Waals surface area contributed by atoms with Crippen LogP contribution in [-0.4, -0.2) is 57.7 Å². The standard InChI is InChI=1S/C22H25FN8O/c1-21(2)9-17(19(23)22(3,4)29-21)31-20-16(27-30-31)8-15(26-28-20)14-6-5-12(7-18(14)32)13-10-24-25-11-13/h5-8,10-11,17,19,29,32H,9H2,1-4H3,(H,24,25)/t17-,19+/m1/s1. The minimum absolute atomic E-state index is 0.0652. The first kappa shape index (κ1) is 20.5. The Morgan fingerprint density at radius 3 is 2.62 bits per heavy atom. The van der Waals surface area contributed by atoms with E-state index in [1.807, 2.05) is 33.8 Å². The van der Waals surface area contributed by atoms with Gasteiger partial charge in [-0.2, -0.15) is 5.10 Å². The molecule has 1 aromatic carbocycles. The molecule has 0 bridgehead atoms. The van der Waals surface area contributed by atoms with Gasteiger partial charge < -0.3 is 10.4 Å². The number of halogens is 1. The fourth-order valence-corrected chi connectivity index (χ4v) is 4.75. The summed E-state index contributed by atoms with van der Waals surface area (Å²) < 4.78 is 16.9. The summed E-state index contributed by atoms with van der Waals surface area (Å²) in [6, 6.07) is 6.48. The van der Waals surface area contributed by atoms with Crippen molar-refractivity contribution in [2.24, 2.45) is 0 Å². The van der Waals surface area contributed by atoms with Crippen molar-refractivity contribution in [1.82, 2.24) is 40.7 Å². The number of nitrogens with zero attached hydrogens (tertiary/aromatic N) is 6. The molecule has 166 valence electrons. The van der Waals surface area contributed by atoms with Gasteiger partial charge in [-0.3, -0.25) is 5.10 Å². The van der Waals surface area contributed by atoms with E-state index in [1.165, 1.54) is 0 Å². The van der Waals surface area contributed by atoms with Crippen molar-refractivity contribution in [3.05, 3.63) is 36.7 Å². The summed E-state index contributed by atoms with van der Waals surface area (Å²) in [7, 11) is 0. The molecule has 5 rings (SSSR count). The number of nitrogens with one attached hydrogen (secondary N) is 2. The van der Waals surface area contributed by atoms with Gasteiger partial charge in [0.15, 0.2) is 0 Å². The van der Waals surface area contributed by atoms with Crippen LogP contribution < -0.4 is 5.32 Å². The molecule has 4 heterocycles. The Labute approximate surface area is 184 Å². The second-order valence-electron chi connectivity index (χ2n) is 9.60. The number of hydrogen-bond donors (Lipinski definition) is 3. The van der Waals surface area contributed by atoms with Crippen LogP contribution in [0, 0.1) is 0 Å². The summed E-state index contributed by atoms with van der Waals surface area (Å²) >= 11 is 0. The van der Waals surface area contributed by atoms with E-state index < -0.39 is 17.8 Å². The second-order valence-corrected chi connectivity index (χ2v) is 9.60. The Morgan fingerprint density at radius 2 is 1.91 bits per heavy atom. The van der Waals surface area contributed by atoms with Crippen molar-refractivity contribution in [1.29, 1.82) is 0 Å². The average Bonchev–Trinajstić information content (AvgIpc) is 3.39. The lowest BCUT2D eigenvalue weighted by atomic mass is 9.78. The number of phenols is 1. The van der Waals surface area contributed by atoms with Crippen molar-refractivity contribution in [3.63, 3.8) is 0 Å². The van der Waals surface area contributed by atoms with Crippen LogP contribution in [0.2, 0.25) is 0 Å². The highest BCUT2D eigenvalue weighted by molar-refractivity contribution is 5.79. The largest absolute Gasteiger partial charge is 0.507 e. The van der Waals surface area contributed by atoms with E-state index in [4.69, 9.17) is 0 Å². The fraction of sp³-hybridized carbons (Fsp3) is 0.409. The summed E-state index contributed by atoms with van der Waals surface area (Å²) in [5, 5.41) is 37.7. The van der Waals surface area contributed by atoms with Gasteiger partial charge in [0.25, 0.3) is 0 Å². The van der Waals surface area contributed by atoms with E-state index in [-0.39, 0.29) is 11.3 Å². The summed E-state index contributed by atoms with van der Waals surface area (Å²) in [5.74, 6) is 0.0652. The summed E-state index contributed by atoms with van der Waals surface area (Å²) in [6.45, 7) is 7.80. The predicted octanol–water partition coefficient (Wildman–Crippen LogP) is 3.41. The van der Waals surface area contributed by atoms with Gasteiger partial charge in [-0.25, -0.2) is 9.07 Å². The molecule has 1 saturated heterocycles. The zero-order chi connectivity index (χ0) is 22.7. The van der Waals surface area contributed by atoms with Gasteiger partial charge in [-0.05, 0) is 57.9 Å². The van der Waals surface area contributed by atoms with E-state index in [0.29, 0.717) is 28.8 Å². The number of phenolic OH excluding ortho intramolecular Hbond substituents is 1. The average molecular weight is 436 g/mol. The number of aromatic amines is 1. The minimum Gasteiger partial charge on any atom is -0.507 e. The Hall–Kier alpha value is -3.40. The first-order valence-corrected chi connectivity index (χ1v) is 10.5. The highest BCUT2D eigenvalue weighted by atomic mass is 19.1. The van der Waals surface area contributed by atoms with Crippen LogP contribution in [0.25, 0.3) is 33.5 Å². The number of aromatic hydroxyl groups is 1. The molecular formula is C22H25FN8O. The third kappa shape index (κ3) is 3.40. The minimum atomic E-state index is -1.18. The second kappa shape index (κ2) is 7.06. The number of fused-ring (bicyclic) bond motifs is 1. The molecule has 4 aromatic rings. The van der Waals surface area contributed by atoms with E-state index in [0.717, 1.165) is 11.1 Å². The SMILES string of the molecule is CC1(C)C[C@@H](n2nnc3cc(-c4ccc(-c5cn[nH]c5)cc4O)nnc32)[C@H](F)C(C)(C)N1. The molecule has 10 heteroatoms. The topological polar surface area (TPSA) is 117 Å². The lowest BCUT2D eigenvalue weighted by Crippen LogP contribution is -2.64. The summed E-state index contributed by atoms with van der Waals surface area (Å²) in [6.07, 6.45) is 2.79. The van der Waals surface area contributed by atoms with Crippen molar-refractivity contribution >= 4 is 11.2 Å². The molecule has 32 heavy (non-hydrogen) atoms. The molecule has 1 aliphatic rings. The van der Waals surface area contributed by atoms with Crippen molar-refractivity contribution in [2.75, 3.05) is 0 Å². The maximum atomic E-state index is 15.4. The van der Waals surface area contributed by atoms with Gasteiger partial charge in [0.1, 0.15) is 17.4 Å². The fourth-order valence-electron chi connectivity index (χ4n) is 4.75. The van der Waals surface area contributed by atoms with Gasteiger partial charge in [0.2, 0.25) is 5.65 Å². The maximum absolute atomic E-state index is 15.4. The van der Waals surface area contributed by atoms with Gasteiger partial charge in [-0.15, -0.1) is 15.3 Å². The van der Waals surface area contributed by atoms with Crippen LogP contribution in [0.3, 0.4) is 0 Å². The third-order valence-electron chi connectivity index (χ3n) is 6.05. The highest BCUT2D eigenvalue weighted by Gasteiger charge is 2.48. The molecule has 2 atom stereocenters. The van der Waals surface area contributed by atoms with Gasteiger partial charge in [0, 0.05) is 28.4 Å². The van der Waals surface area contributed by atoms with Crippen LogP contribution in [0.15, 0.2) is 36.7 Å². The lowest BCUT2D eigenvalue weighted by molar-refractivity contribution is 0.0257. The number of H-pyrrole nitrogens is 1. The first-order valence-electron chi connectivity index (χ1n) is 10.5. The Morgan fingerprint density at radius 1 is 1.09 bits per heavy atom. The molecule has 0 aliphatic carbocycles. The van der Waals surface area contributed by atoms with Crippen LogP contribution in [0.4, 0.5) is 4.39 Å². The Balaban J connectivity index is 1.51. The number of benzene rings is 1. The molecule has 0 saturated carbocycles. The molecule has 0 spiro atoms. The molecule has 0 amide bonds. The van der Waals surface area contributed by atoms with E-state index in [1.54, 1.807) is 35.3 Å². The van der Waals surface area contributed by atoms with Crippen LogP contribution in [0.1, 0.15) is 40.2 Å². The van der Waals surface area contributed by atoms with Crippen LogP contribution >= 0.6 is 0 Å². The quantitative estimate of drug-likeness (QED) is 0.450. The first-order chi connectivity index (χ1) is 15.1. The maximum Gasteiger partial charge on any atom is 0.201 e. The number of piperidine rings is 1. The lowest BCUT2D eigenvalue weighted by Gasteiger charge is -2.48. The normalized spacial score (nSPS) is 22.3. The van der Waals surface area contributed by atoms with Crippen molar-refractivity contribution in [2.45, 2.75) is 57.4 Å². The van der Waals surface area contributed by atoms with Crippen LogP contribution in [0.5, 0.6) is 5.75 Å². The summed E-state index contributed by atoms with van der Waals surface area (Å²) in [5.41, 5.74) is 2.59. The predicted molar refractivity (Wildman–Crippen MR) is 118 cm³/mol. The van der Waals surface area contributed by atoms with Gasteiger partial charge >= 0.3 is 0 Å². The van der Waals surface area contributed by atoms with Gasteiger partial charge in [-0.1, -0.05) is 11.3 Å². The van der Waals surface area contributed by atoms with E-state index in [9.17, 15) is 5.11 Å². The Kier molecular flexibility index (Phi) is 4.52. The molecule has 1 fully saturated rings. The smallest absolute Gasteiger partial charge is 0.201 e.